The first-order valence-electron chi connectivity index (χ1n) is 7.96. The second kappa shape index (κ2) is 5.01. The molecule has 2 aromatic carbocycles. The third kappa shape index (κ3) is 2.16. The van der Waals surface area contributed by atoms with Crippen molar-refractivity contribution in [3.8, 4) is 5.75 Å². The molecule has 0 heterocycles. The van der Waals surface area contributed by atoms with E-state index in [1.165, 1.54) is 12.8 Å². The van der Waals surface area contributed by atoms with Gasteiger partial charge in [-0.2, -0.15) is 0 Å². The van der Waals surface area contributed by atoms with E-state index < -0.39 is 0 Å². The number of fused-ring (bicyclic) bond motifs is 2. The standard InChI is InChI=1S/C19H20O3/c1-19-9-8-15(19)11-17(19)22-18(20)12-21-16-7-6-13-4-2-3-5-14(13)10-16/h2-7,10,15,17H,8-9,11-12H2,1H3/t15-,17-,19-/m0/s1. The van der Waals surface area contributed by atoms with Gasteiger partial charge in [-0.1, -0.05) is 37.3 Å². The van der Waals surface area contributed by atoms with Gasteiger partial charge in [0.05, 0.1) is 0 Å². The Bertz CT molecular complexity index is 723. The van der Waals surface area contributed by atoms with E-state index in [2.05, 4.69) is 13.0 Å². The average molecular weight is 296 g/mol. The van der Waals surface area contributed by atoms with E-state index in [1.807, 2.05) is 36.4 Å². The van der Waals surface area contributed by atoms with E-state index in [4.69, 9.17) is 9.47 Å². The highest BCUT2D eigenvalue weighted by molar-refractivity contribution is 5.83. The predicted octanol–water partition coefficient (Wildman–Crippen LogP) is 3.95. The number of carbonyl (C=O) groups excluding carboxylic acids is 1. The highest BCUT2D eigenvalue weighted by atomic mass is 16.6. The summed E-state index contributed by atoms with van der Waals surface area (Å²) >= 11 is 0. The fraction of sp³-hybridized carbons (Fsp3) is 0.421. The Balaban J connectivity index is 1.34. The zero-order chi connectivity index (χ0) is 15.2. The molecule has 0 saturated heterocycles. The fourth-order valence-corrected chi connectivity index (χ4v) is 3.76. The van der Waals surface area contributed by atoms with E-state index >= 15 is 0 Å². The molecule has 2 aliphatic carbocycles. The fourth-order valence-electron chi connectivity index (χ4n) is 3.76. The van der Waals surface area contributed by atoms with Crippen LogP contribution in [0.3, 0.4) is 0 Å². The molecule has 0 aliphatic heterocycles. The van der Waals surface area contributed by atoms with Gasteiger partial charge in [0.1, 0.15) is 11.9 Å². The molecule has 0 spiro atoms. The van der Waals surface area contributed by atoms with Gasteiger partial charge in [-0.05, 0) is 48.1 Å². The van der Waals surface area contributed by atoms with Gasteiger partial charge in [0, 0.05) is 5.41 Å². The summed E-state index contributed by atoms with van der Waals surface area (Å²) in [6.07, 6.45) is 3.59. The van der Waals surface area contributed by atoms with Crippen molar-refractivity contribution in [1.82, 2.24) is 0 Å². The molecule has 0 radical (unpaired) electrons. The van der Waals surface area contributed by atoms with Gasteiger partial charge in [0.15, 0.2) is 6.61 Å². The Morgan fingerprint density at radius 3 is 2.73 bits per heavy atom. The van der Waals surface area contributed by atoms with Crippen LogP contribution in [0.25, 0.3) is 10.8 Å². The highest BCUT2D eigenvalue weighted by Gasteiger charge is 2.59. The molecule has 2 fully saturated rings. The van der Waals surface area contributed by atoms with Crippen LogP contribution in [0.5, 0.6) is 5.75 Å². The van der Waals surface area contributed by atoms with Crippen molar-refractivity contribution in [2.45, 2.75) is 32.3 Å². The summed E-state index contributed by atoms with van der Waals surface area (Å²) in [5.74, 6) is 1.22. The molecule has 114 valence electrons. The van der Waals surface area contributed by atoms with Gasteiger partial charge < -0.3 is 9.47 Å². The molecule has 0 amide bonds. The van der Waals surface area contributed by atoms with Crippen molar-refractivity contribution in [2.24, 2.45) is 11.3 Å². The summed E-state index contributed by atoms with van der Waals surface area (Å²) in [4.78, 5) is 12.0. The predicted molar refractivity (Wildman–Crippen MR) is 84.8 cm³/mol. The first-order chi connectivity index (χ1) is 10.6. The minimum absolute atomic E-state index is 0.0183. The van der Waals surface area contributed by atoms with Crippen LogP contribution in [0.4, 0.5) is 0 Å². The normalized spacial score (nSPS) is 29.1. The SMILES string of the molecule is C[C@]12CC[C@H]1C[C@@H]2OC(=O)COc1ccc2ccccc2c1. The van der Waals surface area contributed by atoms with Gasteiger partial charge in [-0.15, -0.1) is 0 Å². The maximum Gasteiger partial charge on any atom is 0.344 e. The summed E-state index contributed by atoms with van der Waals surface area (Å²) in [6, 6.07) is 13.9. The minimum Gasteiger partial charge on any atom is -0.482 e. The lowest BCUT2D eigenvalue weighted by Crippen LogP contribution is -2.59. The molecule has 0 bridgehead atoms. The zero-order valence-electron chi connectivity index (χ0n) is 12.7. The topological polar surface area (TPSA) is 35.5 Å². The number of hydrogen-bond donors (Lipinski definition) is 0. The third-order valence-electron chi connectivity index (χ3n) is 5.55. The average Bonchev–Trinajstić information content (AvgIpc) is 2.55. The number of benzene rings is 2. The Morgan fingerprint density at radius 2 is 2.05 bits per heavy atom. The number of carbonyl (C=O) groups is 1. The highest BCUT2D eigenvalue weighted by Crippen LogP contribution is 2.61. The van der Waals surface area contributed by atoms with Crippen molar-refractivity contribution < 1.29 is 14.3 Å². The molecule has 3 nitrogen and oxygen atoms in total. The lowest BCUT2D eigenvalue weighted by molar-refractivity contribution is -0.209. The molecule has 2 saturated carbocycles. The summed E-state index contributed by atoms with van der Waals surface area (Å²) < 4.78 is 11.2. The summed E-state index contributed by atoms with van der Waals surface area (Å²) in [5, 5.41) is 2.27. The van der Waals surface area contributed by atoms with Crippen molar-refractivity contribution in [3.05, 3.63) is 42.5 Å². The van der Waals surface area contributed by atoms with Crippen molar-refractivity contribution >= 4 is 16.7 Å². The Kier molecular flexibility index (Phi) is 3.10. The molecule has 0 aromatic heterocycles. The van der Waals surface area contributed by atoms with Crippen LogP contribution in [-0.2, 0) is 9.53 Å². The lowest BCUT2D eigenvalue weighted by Gasteiger charge is -2.61. The maximum atomic E-state index is 12.0. The molecular weight excluding hydrogens is 276 g/mol. The Morgan fingerprint density at radius 1 is 1.23 bits per heavy atom. The molecule has 2 aromatic rings. The Hall–Kier alpha value is -2.03. The van der Waals surface area contributed by atoms with Gasteiger partial charge >= 0.3 is 5.97 Å². The van der Waals surface area contributed by atoms with E-state index in [0.29, 0.717) is 5.75 Å². The molecular formula is C19H20O3. The van der Waals surface area contributed by atoms with Gasteiger partial charge in [-0.25, -0.2) is 4.79 Å². The second-order valence-electron chi connectivity index (χ2n) is 6.75. The number of rotatable bonds is 4. The number of esters is 1. The molecule has 2 aliphatic rings. The van der Waals surface area contributed by atoms with Gasteiger partial charge in [0.25, 0.3) is 0 Å². The van der Waals surface area contributed by atoms with E-state index in [9.17, 15) is 4.79 Å². The van der Waals surface area contributed by atoms with Crippen molar-refractivity contribution in [1.29, 1.82) is 0 Å². The number of ether oxygens (including phenoxy) is 2. The molecule has 22 heavy (non-hydrogen) atoms. The van der Waals surface area contributed by atoms with E-state index in [1.54, 1.807) is 0 Å². The van der Waals surface area contributed by atoms with Crippen LogP contribution in [-0.4, -0.2) is 18.7 Å². The molecule has 0 unspecified atom stereocenters. The lowest BCUT2D eigenvalue weighted by atomic mass is 9.47. The number of hydrogen-bond acceptors (Lipinski definition) is 3. The smallest absolute Gasteiger partial charge is 0.344 e. The van der Waals surface area contributed by atoms with Crippen LogP contribution >= 0.6 is 0 Å². The van der Waals surface area contributed by atoms with Crippen molar-refractivity contribution in [3.63, 3.8) is 0 Å². The monoisotopic (exact) mass is 296 g/mol. The summed E-state index contributed by atoms with van der Waals surface area (Å²) in [5.41, 5.74) is 0.249. The molecule has 3 atom stereocenters. The second-order valence-corrected chi connectivity index (χ2v) is 6.75. The first-order valence-corrected chi connectivity index (χ1v) is 7.96. The minimum atomic E-state index is -0.260. The zero-order valence-corrected chi connectivity index (χ0v) is 12.7. The van der Waals surface area contributed by atoms with Crippen LogP contribution in [0.1, 0.15) is 26.2 Å². The van der Waals surface area contributed by atoms with Crippen LogP contribution in [0.2, 0.25) is 0 Å². The Labute approximate surface area is 130 Å². The van der Waals surface area contributed by atoms with Gasteiger partial charge in [-0.3, -0.25) is 0 Å². The maximum absolute atomic E-state index is 12.0. The summed E-state index contributed by atoms with van der Waals surface area (Å²) in [7, 11) is 0. The van der Waals surface area contributed by atoms with Crippen LogP contribution in [0, 0.1) is 11.3 Å². The van der Waals surface area contributed by atoms with Crippen LogP contribution < -0.4 is 4.74 Å². The molecule has 3 heteroatoms. The van der Waals surface area contributed by atoms with Crippen LogP contribution in [0.15, 0.2) is 42.5 Å². The van der Waals surface area contributed by atoms with E-state index in [0.717, 1.165) is 23.1 Å². The molecule has 4 rings (SSSR count). The van der Waals surface area contributed by atoms with E-state index in [-0.39, 0.29) is 24.1 Å². The molecule has 0 N–H and O–H groups in total. The van der Waals surface area contributed by atoms with Crippen molar-refractivity contribution in [2.75, 3.05) is 6.61 Å². The van der Waals surface area contributed by atoms with Gasteiger partial charge in [0.2, 0.25) is 0 Å². The first kappa shape index (κ1) is 13.6. The quantitative estimate of drug-likeness (QED) is 0.801. The summed E-state index contributed by atoms with van der Waals surface area (Å²) in [6.45, 7) is 2.21. The largest absolute Gasteiger partial charge is 0.482 e. The third-order valence-corrected chi connectivity index (χ3v) is 5.55.